The molecule has 0 fully saturated rings. The van der Waals surface area contributed by atoms with E-state index in [-0.39, 0.29) is 41.4 Å². The lowest BCUT2D eigenvalue weighted by Gasteiger charge is -2.14. The van der Waals surface area contributed by atoms with E-state index in [9.17, 15) is 8.78 Å². The number of rotatable bonds is 3. The summed E-state index contributed by atoms with van der Waals surface area (Å²) in [6.07, 6.45) is 0. The fraction of sp³-hybridized carbons (Fsp3) is 0.0769. The first kappa shape index (κ1) is 18.2. The lowest BCUT2D eigenvalue weighted by atomic mass is 10.1. The van der Waals surface area contributed by atoms with E-state index in [0.717, 1.165) is 0 Å². The maximum Gasteiger partial charge on any atom is 0.387 e. The molecular formula is C13H4Cl6F2O. The van der Waals surface area contributed by atoms with Gasteiger partial charge in [-0.2, -0.15) is 8.78 Å². The summed E-state index contributed by atoms with van der Waals surface area (Å²) < 4.78 is 28.7. The van der Waals surface area contributed by atoms with Crippen LogP contribution >= 0.6 is 69.6 Å². The highest BCUT2D eigenvalue weighted by molar-refractivity contribution is 6.56. The normalized spacial score (nSPS) is 11.1. The van der Waals surface area contributed by atoms with E-state index in [1.54, 1.807) is 0 Å². The Balaban J connectivity index is 2.61. The number of hydrogen-bond donors (Lipinski definition) is 0. The van der Waals surface area contributed by atoms with Gasteiger partial charge in [0.1, 0.15) is 5.75 Å². The van der Waals surface area contributed by atoms with E-state index in [1.165, 1.54) is 18.2 Å². The molecule has 1 nitrogen and oxygen atoms in total. The summed E-state index contributed by atoms with van der Waals surface area (Å²) in [5.41, 5.74) is 0.704. The molecule has 9 heteroatoms. The van der Waals surface area contributed by atoms with Gasteiger partial charge in [0.15, 0.2) is 0 Å². The molecule has 2 aromatic rings. The molecule has 118 valence electrons. The molecule has 0 aliphatic carbocycles. The van der Waals surface area contributed by atoms with E-state index in [1.807, 2.05) is 0 Å². The Hall–Kier alpha value is -0.160. The summed E-state index contributed by atoms with van der Waals surface area (Å²) in [4.78, 5) is 0. The molecule has 0 aromatic heterocycles. The minimum atomic E-state index is -2.99. The first-order chi connectivity index (χ1) is 10.2. The van der Waals surface area contributed by atoms with E-state index in [0.29, 0.717) is 5.56 Å². The highest BCUT2D eigenvalue weighted by Crippen LogP contribution is 2.48. The largest absolute Gasteiger partial charge is 0.433 e. The zero-order chi connectivity index (χ0) is 16.6. The summed E-state index contributed by atoms with van der Waals surface area (Å²) >= 11 is 36.0. The number of alkyl halides is 2. The predicted octanol–water partition coefficient (Wildman–Crippen LogP) is 7.88. The first-order valence-corrected chi connectivity index (χ1v) is 7.77. The topological polar surface area (TPSA) is 9.23 Å². The number of ether oxygens (including phenoxy) is 1. The van der Waals surface area contributed by atoms with E-state index in [2.05, 4.69) is 4.74 Å². The Bertz CT molecular complexity index is 706. The molecule has 0 N–H and O–H groups in total. The van der Waals surface area contributed by atoms with Gasteiger partial charge >= 0.3 is 6.61 Å². The second-order valence-corrected chi connectivity index (χ2v) is 6.27. The van der Waals surface area contributed by atoms with Crippen LogP contribution in [0.3, 0.4) is 0 Å². The fourth-order valence-corrected chi connectivity index (χ4v) is 3.29. The summed E-state index contributed by atoms with van der Waals surface area (Å²) in [7, 11) is 0. The average Bonchev–Trinajstić information content (AvgIpc) is 2.45. The third kappa shape index (κ3) is 3.50. The predicted molar refractivity (Wildman–Crippen MR) is 88.6 cm³/mol. The van der Waals surface area contributed by atoms with Crippen molar-refractivity contribution < 1.29 is 13.5 Å². The van der Waals surface area contributed by atoms with Crippen LogP contribution in [0.2, 0.25) is 30.1 Å². The molecule has 0 heterocycles. The molecule has 0 aliphatic heterocycles. The molecule has 0 atom stereocenters. The van der Waals surface area contributed by atoms with Crippen molar-refractivity contribution >= 4 is 69.6 Å². The van der Waals surface area contributed by atoms with Gasteiger partial charge in [-0.05, 0) is 17.7 Å². The van der Waals surface area contributed by atoms with E-state index in [4.69, 9.17) is 69.6 Å². The smallest absolute Gasteiger partial charge is 0.387 e. The van der Waals surface area contributed by atoms with Gasteiger partial charge in [0, 0.05) is 5.56 Å². The highest BCUT2D eigenvalue weighted by Gasteiger charge is 2.21. The molecule has 0 saturated carbocycles. The Morgan fingerprint density at radius 2 is 1.27 bits per heavy atom. The van der Waals surface area contributed by atoms with Crippen LogP contribution < -0.4 is 4.74 Å². The quantitative estimate of drug-likeness (QED) is 0.358. The number of halogens is 8. The Labute approximate surface area is 154 Å². The zero-order valence-electron chi connectivity index (χ0n) is 10.2. The van der Waals surface area contributed by atoms with Crippen LogP contribution in [0.5, 0.6) is 5.75 Å². The molecule has 0 aliphatic rings. The number of benzene rings is 2. The van der Waals surface area contributed by atoms with Gasteiger partial charge in [-0.3, -0.25) is 0 Å². The maximum atomic E-state index is 12.2. The van der Waals surface area contributed by atoms with Crippen LogP contribution in [0.15, 0.2) is 18.2 Å². The maximum absolute atomic E-state index is 12.2. The molecule has 0 unspecified atom stereocenters. The van der Waals surface area contributed by atoms with Crippen molar-refractivity contribution in [1.29, 1.82) is 0 Å². The van der Waals surface area contributed by atoms with Crippen molar-refractivity contribution in [3.63, 3.8) is 0 Å². The lowest BCUT2D eigenvalue weighted by Crippen LogP contribution is -2.02. The summed E-state index contributed by atoms with van der Waals surface area (Å²) in [5, 5.41) is 0.158. The van der Waals surface area contributed by atoms with Crippen molar-refractivity contribution in [2.24, 2.45) is 0 Å². The molecular weight excluding hydrogens is 423 g/mol. The molecule has 0 radical (unpaired) electrons. The Kier molecular flexibility index (Phi) is 5.92. The second kappa shape index (κ2) is 7.16. The molecule has 0 saturated heterocycles. The Morgan fingerprint density at radius 3 is 1.73 bits per heavy atom. The summed E-state index contributed by atoms with van der Waals surface area (Å²) in [5.74, 6) is -0.182. The van der Waals surface area contributed by atoms with Crippen molar-refractivity contribution in [2.75, 3.05) is 0 Å². The third-order valence-electron chi connectivity index (χ3n) is 2.65. The van der Waals surface area contributed by atoms with Crippen LogP contribution in [-0.4, -0.2) is 6.61 Å². The van der Waals surface area contributed by atoms with Gasteiger partial charge in [0.05, 0.1) is 30.1 Å². The molecule has 0 spiro atoms. The SMILES string of the molecule is FC(F)Oc1ccc(-c2c(Cl)c(Cl)c(Cl)c(Cl)c2Cl)cc1Cl. The molecule has 2 aromatic carbocycles. The Morgan fingerprint density at radius 1 is 0.773 bits per heavy atom. The van der Waals surface area contributed by atoms with Crippen molar-refractivity contribution in [1.82, 2.24) is 0 Å². The standard InChI is InChI=1S/C13H4Cl6F2O/c14-5-3-4(1-2-6(5)22-13(20)21)7-8(15)10(17)12(19)11(18)9(7)16/h1-3,13H. The minimum Gasteiger partial charge on any atom is -0.433 e. The van der Waals surface area contributed by atoms with E-state index < -0.39 is 6.61 Å². The van der Waals surface area contributed by atoms with Crippen molar-refractivity contribution in [3.8, 4) is 16.9 Å². The van der Waals surface area contributed by atoms with Gasteiger partial charge < -0.3 is 4.74 Å². The second-order valence-electron chi connectivity index (χ2n) is 3.97. The summed E-state index contributed by atoms with van der Waals surface area (Å²) in [6, 6.07) is 4.05. The van der Waals surface area contributed by atoms with Gasteiger partial charge in [-0.15, -0.1) is 0 Å². The van der Waals surface area contributed by atoms with Gasteiger partial charge in [-0.25, -0.2) is 0 Å². The molecule has 0 amide bonds. The van der Waals surface area contributed by atoms with Crippen molar-refractivity contribution in [3.05, 3.63) is 48.3 Å². The molecule has 22 heavy (non-hydrogen) atoms. The van der Waals surface area contributed by atoms with Crippen molar-refractivity contribution in [2.45, 2.75) is 6.61 Å². The van der Waals surface area contributed by atoms with E-state index >= 15 is 0 Å². The van der Waals surface area contributed by atoms with Crippen LogP contribution in [0, 0.1) is 0 Å². The van der Waals surface area contributed by atoms with Gasteiger partial charge in [-0.1, -0.05) is 75.7 Å². The van der Waals surface area contributed by atoms with Gasteiger partial charge in [0.25, 0.3) is 0 Å². The fourth-order valence-electron chi connectivity index (χ4n) is 1.71. The molecule has 2 rings (SSSR count). The highest BCUT2D eigenvalue weighted by atomic mass is 35.5. The zero-order valence-corrected chi connectivity index (χ0v) is 14.8. The average molecular weight is 427 g/mol. The molecule has 0 bridgehead atoms. The first-order valence-electron chi connectivity index (χ1n) is 5.50. The van der Waals surface area contributed by atoms with Crippen LogP contribution in [0.25, 0.3) is 11.1 Å². The van der Waals surface area contributed by atoms with Crippen LogP contribution in [-0.2, 0) is 0 Å². The summed E-state index contributed by atoms with van der Waals surface area (Å²) in [6.45, 7) is -2.99. The third-order valence-corrected chi connectivity index (χ3v) is 5.22. The van der Waals surface area contributed by atoms with Gasteiger partial charge in [0.2, 0.25) is 0 Å². The lowest BCUT2D eigenvalue weighted by molar-refractivity contribution is -0.0497. The van der Waals surface area contributed by atoms with Crippen LogP contribution in [0.4, 0.5) is 8.78 Å². The van der Waals surface area contributed by atoms with Crippen LogP contribution in [0.1, 0.15) is 0 Å². The minimum absolute atomic E-state index is 0.0193. The monoisotopic (exact) mass is 424 g/mol. The number of hydrogen-bond acceptors (Lipinski definition) is 1.